The van der Waals surface area contributed by atoms with Gasteiger partial charge in [-0.3, -0.25) is 19.6 Å². The molecule has 22 heavy (non-hydrogen) atoms. The number of amides is 1. The Labute approximate surface area is 125 Å². The van der Waals surface area contributed by atoms with Gasteiger partial charge in [-0.25, -0.2) is 0 Å². The van der Waals surface area contributed by atoms with Crippen molar-refractivity contribution in [3.8, 4) is 11.5 Å². The Morgan fingerprint density at radius 1 is 1.32 bits per heavy atom. The fourth-order valence-electron chi connectivity index (χ4n) is 1.87. The first-order valence-electron chi connectivity index (χ1n) is 6.17. The van der Waals surface area contributed by atoms with Gasteiger partial charge in [-0.05, 0) is 0 Å². The molecule has 0 spiro atoms. The molecule has 1 N–H and O–H groups in total. The number of carbonyl (C=O) groups is 1. The van der Waals surface area contributed by atoms with Gasteiger partial charge >= 0.3 is 0 Å². The van der Waals surface area contributed by atoms with Crippen LogP contribution in [0.5, 0.6) is 11.5 Å². The summed E-state index contributed by atoms with van der Waals surface area (Å²) in [6, 6.07) is 3.98. The van der Waals surface area contributed by atoms with Gasteiger partial charge in [-0.2, -0.15) is 5.10 Å². The molecular weight excluding hydrogens is 292 g/mol. The topological polar surface area (TPSA) is 109 Å². The largest absolute Gasteiger partial charge is 0.493 e. The molecule has 9 heteroatoms. The molecule has 0 aliphatic carbocycles. The van der Waals surface area contributed by atoms with Crippen LogP contribution in [0.2, 0.25) is 0 Å². The number of rotatable bonds is 5. The second-order valence-electron chi connectivity index (χ2n) is 4.31. The number of benzene rings is 1. The van der Waals surface area contributed by atoms with Crippen molar-refractivity contribution in [3.05, 3.63) is 40.1 Å². The zero-order chi connectivity index (χ0) is 16.3. The van der Waals surface area contributed by atoms with E-state index in [2.05, 4.69) is 10.4 Å². The van der Waals surface area contributed by atoms with Gasteiger partial charge in [0.25, 0.3) is 11.6 Å². The summed E-state index contributed by atoms with van der Waals surface area (Å²) in [5.41, 5.74) is -0.528. The molecule has 0 aliphatic heterocycles. The first kappa shape index (κ1) is 15.3. The maximum atomic E-state index is 12.3. The van der Waals surface area contributed by atoms with Gasteiger partial charge in [0.05, 0.1) is 25.2 Å². The number of nitrogens with zero attached hydrogens (tertiary/aromatic N) is 3. The van der Waals surface area contributed by atoms with E-state index < -0.39 is 10.8 Å². The number of nitro groups is 1. The molecule has 9 nitrogen and oxygen atoms in total. The lowest BCUT2D eigenvalue weighted by atomic mass is 10.1. The highest BCUT2D eigenvalue weighted by molar-refractivity contribution is 6.07. The van der Waals surface area contributed by atoms with Gasteiger partial charge in [0, 0.05) is 25.4 Å². The Kier molecular flexibility index (Phi) is 4.25. The molecule has 1 aromatic carbocycles. The number of carbonyl (C=O) groups excluding carboxylic acids is 1. The summed E-state index contributed by atoms with van der Waals surface area (Å²) in [7, 11) is 4.42. The van der Waals surface area contributed by atoms with E-state index in [9.17, 15) is 14.9 Å². The van der Waals surface area contributed by atoms with E-state index in [0.717, 1.165) is 6.07 Å². The number of nitrogens with one attached hydrogen (secondary N) is 1. The summed E-state index contributed by atoms with van der Waals surface area (Å²) in [5.74, 6) is 0.0193. The Hall–Kier alpha value is -3.10. The van der Waals surface area contributed by atoms with Crippen LogP contribution in [0.4, 0.5) is 11.5 Å². The second kappa shape index (κ2) is 6.12. The van der Waals surface area contributed by atoms with Gasteiger partial charge < -0.3 is 14.8 Å². The van der Waals surface area contributed by atoms with Gasteiger partial charge in [0.1, 0.15) is 5.56 Å². The van der Waals surface area contributed by atoms with E-state index in [4.69, 9.17) is 9.47 Å². The number of hydrogen-bond donors (Lipinski definition) is 1. The molecule has 0 unspecified atom stereocenters. The third kappa shape index (κ3) is 2.97. The van der Waals surface area contributed by atoms with E-state index in [1.54, 1.807) is 19.3 Å². The van der Waals surface area contributed by atoms with Crippen LogP contribution >= 0.6 is 0 Å². The van der Waals surface area contributed by atoms with Crippen LogP contribution in [0, 0.1) is 10.1 Å². The van der Waals surface area contributed by atoms with Crippen molar-refractivity contribution in [2.75, 3.05) is 19.5 Å². The second-order valence-corrected chi connectivity index (χ2v) is 4.31. The summed E-state index contributed by atoms with van der Waals surface area (Å²) in [6.45, 7) is 0. The smallest absolute Gasteiger partial charge is 0.286 e. The highest BCUT2D eigenvalue weighted by Crippen LogP contribution is 2.34. The van der Waals surface area contributed by atoms with Crippen molar-refractivity contribution in [2.45, 2.75) is 0 Å². The Morgan fingerprint density at radius 2 is 1.95 bits per heavy atom. The van der Waals surface area contributed by atoms with Crippen LogP contribution in [0.15, 0.2) is 24.4 Å². The highest BCUT2D eigenvalue weighted by atomic mass is 16.6. The molecule has 2 aromatic rings. The third-order valence-corrected chi connectivity index (χ3v) is 2.90. The average molecular weight is 306 g/mol. The standard InChI is InChI=1S/C13H14N4O5/c1-16-5-4-12(15-16)14-13(18)8-6-10(21-2)11(22-3)7-9(8)17(19)20/h4-7H,1-3H3,(H,14,15,18). The zero-order valence-corrected chi connectivity index (χ0v) is 12.2. The molecular formula is C13H14N4O5. The van der Waals surface area contributed by atoms with E-state index >= 15 is 0 Å². The molecule has 2 rings (SSSR count). The number of aromatic nitrogens is 2. The van der Waals surface area contributed by atoms with E-state index in [0.29, 0.717) is 0 Å². The van der Waals surface area contributed by atoms with Crippen molar-refractivity contribution in [1.29, 1.82) is 0 Å². The van der Waals surface area contributed by atoms with Gasteiger partial charge in [0.2, 0.25) is 0 Å². The van der Waals surface area contributed by atoms with E-state index in [1.807, 2.05) is 0 Å². The van der Waals surface area contributed by atoms with Crippen LogP contribution in [0.1, 0.15) is 10.4 Å². The minimum absolute atomic E-state index is 0.145. The normalized spacial score (nSPS) is 10.1. The predicted molar refractivity (Wildman–Crippen MR) is 77.4 cm³/mol. The van der Waals surface area contributed by atoms with E-state index in [-0.39, 0.29) is 28.6 Å². The van der Waals surface area contributed by atoms with Gasteiger partial charge in [-0.1, -0.05) is 0 Å². The molecule has 1 heterocycles. The average Bonchev–Trinajstić information content (AvgIpc) is 2.90. The summed E-state index contributed by atoms with van der Waals surface area (Å²) in [4.78, 5) is 22.8. The molecule has 0 bridgehead atoms. The fraction of sp³-hybridized carbons (Fsp3) is 0.231. The molecule has 0 saturated carbocycles. The van der Waals surface area contributed by atoms with Crippen molar-refractivity contribution in [1.82, 2.24) is 9.78 Å². The lowest BCUT2D eigenvalue weighted by Gasteiger charge is -2.10. The van der Waals surface area contributed by atoms with Crippen LogP contribution in [0.25, 0.3) is 0 Å². The summed E-state index contributed by atoms with van der Waals surface area (Å²) >= 11 is 0. The Bertz CT molecular complexity index is 725. The van der Waals surface area contributed by atoms with Gasteiger partial charge in [-0.15, -0.1) is 0 Å². The Balaban J connectivity index is 2.43. The van der Waals surface area contributed by atoms with Crippen LogP contribution < -0.4 is 14.8 Å². The minimum atomic E-state index is -0.661. The quantitative estimate of drug-likeness (QED) is 0.664. The third-order valence-electron chi connectivity index (χ3n) is 2.90. The number of ether oxygens (including phenoxy) is 2. The monoisotopic (exact) mass is 306 g/mol. The number of anilines is 1. The number of aryl methyl sites for hydroxylation is 1. The number of methoxy groups -OCH3 is 2. The summed E-state index contributed by atoms with van der Waals surface area (Å²) < 4.78 is 11.6. The summed E-state index contributed by atoms with van der Waals surface area (Å²) in [5, 5.41) is 17.6. The molecule has 0 radical (unpaired) electrons. The molecule has 116 valence electrons. The lowest BCUT2D eigenvalue weighted by molar-refractivity contribution is -0.385. The molecule has 0 atom stereocenters. The first-order valence-corrected chi connectivity index (χ1v) is 6.17. The van der Waals surface area contributed by atoms with Crippen molar-refractivity contribution >= 4 is 17.4 Å². The lowest BCUT2D eigenvalue weighted by Crippen LogP contribution is -2.15. The molecule has 1 amide bonds. The SMILES string of the molecule is COc1cc(C(=O)Nc2ccn(C)n2)c([N+](=O)[O-])cc1OC. The molecule has 1 aromatic heterocycles. The van der Waals surface area contributed by atoms with Crippen molar-refractivity contribution in [2.24, 2.45) is 7.05 Å². The molecule has 0 saturated heterocycles. The van der Waals surface area contributed by atoms with Crippen LogP contribution in [-0.4, -0.2) is 34.8 Å². The van der Waals surface area contributed by atoms with Gasteiger partial charge in [0.15, 0.2) is 17.3 Å². The Morgan fingerprint density at radius 3 is 2.45 bits per heavy atom. The van der Waals surface area contributed by atoms with E-state index in [1.165, 1.54) is 25.0 Å². The highest BCUT2D eigenvalue weighted by Gasteiger charge is 2.25. The van der Waals surface area contributed by atoms with Crippen LogP contribution in [-0.2, 0) is 7.05 Å². The van der Waals surface area contributed by atoms with Crippen molar-refractivity contribution < 1.29 is 19.2 Å². The minimum Gasteiger partial charge on any atom is -0.493 e. The summed E-state index contributed by atoms with van der Waals surface area (Å²) in [6.07, 6.45) is 1.64. The maximum absolute atomic E-state index is 12.3. The van der Waals surface area contributed by atoms with Crippen LogP contribution in [0.3, 0.4) is 0 Å². The molecule has 0 fully saturated rings. The first-order chi connectivity index (χ1) is 10.5. The maximum Gasteiger partial charge on any atom is 0.286 e. The number of hydrogen-bond acceptors (Lipinski definition) is 6. The van der Waals surface area contributed by atoms with Crippen molar-refractivity contribution in [3.63, 3.8) is 0 Å². The fourth-order valence-corrected chi connectivity index (χ4v) is 1.87. The molecule has 0 aliphatic rings. The number of nitro benzene ring substituents is 1. The zero-order valence-electron chi connectivity index (χ0n) is 12.2. The predicted octanol–water partition coefficient (Wildman–Crippen LogP) is 1.60.